The number of urea groups is 1. The summed E-state index contributed by atoms with van der Waals surface area (Å²) in [5, 5.41) is 17.0. The molecule has 0 bridgehead atoms. The normalized spacial score (nSPS) is 11.8. The van der Waals surface area contributed by atoms with Crippen LogP contribution in [-0.4, -0.2) is 40.3 Å². The van der Waals surface area contributed by atoms with E-state index in [1.807, 2.05) is 0 Å². The lowest BCUT2D eigenvalue weighted by molar-refractivity contribution is -0.140. The van der Waals surface area contributed by atoms with Crippen LogP contribution in [0.15, 0.2) is 10.9 Å². The molecule has 17 heavy (non-hydrogen) atoms. The van der Waals surface area contributed by atoms with Crippen LogP contribution in [0, 0.1) is 5.92 Å². The summed E-state index contributed by atoms with van der Waals surface area (Å²) in [7, 11) is 0. The average Bonchev–Trinajstić information content (AvgIpc) is 2.78. The van der Waals surface area contributed by atoms with Crippen LogP contribution >= 0.6 is 0 Å². The van der Waals surface area contributed by atoms with Crippen LogP contribution in [0.5, 0.6) is 0 Å². The fourth-order valence-electron chi connectivity index (χ4n) is 0.985. The third-order valence-corrected chi connectivity index (χ3v) is 2.02. The molecule has 8 nitrogen and oxygen atoms in total. The second-order valence-corrected chi connectivity index (χ2v) is 3.46. The van der Waals surface area contributed by atoms with Gasteiger partial charge >= 0.3 is 12.0 Å². The van der Waals surface area contributed by atoms with Crippen molar-refractivity contribution in [2.45, 2.75) is 13.3 Å². The van der Waals surface area contributed by atoms with Gasteiger partial charge in [-0.25, -0.2) is 4.79 Å². The van der Waals surface area contributed by atoms with Gasteiger partial charge in [-0.2, -0.15) is 4.98 Å². The zero-order valence-corrected chi connectivity index (χ0v) is 9.34. The highest BCUT2D eigenvalue weighted by molar-refractivity contribution is 5.75. The summed E-state index contributed by atoms with van der Waals surface area (Å²) >= 11 is 0. The molecule has 2 amide bonds. The third kappa shape index (κ3) is 4.96. The van der Waals surface area contributed by atoms with Gasteiger partial charge in [0.2, 0.25) is 5.89 Å². The highest BCUT2D eigenvalue weighted by Crippen LogP contribution is 1.92. The fourth-order valence-corrected chi connectivity index (χ4v) is 0.985. The van der Waals surface area contributed by atoms with Crippen molar-refractivity contribution in [2.75, 3.05) is 13.1 Å². The molecule has 1 aromatic rings. The number of carbonyl (C=O) groups excluding carboxylic acids is 1. The number of nitrogens with zero attached hydrogens (tertiary/aromatic N) is 2. The van der Waals surface area contributed by atoms with E-state index >= 15 is 0 Å². The summed E-state index contributed by atoms with van der Waals surface area (Å²) in [6.45, 7) is 1.94. The van der Waals surface area contributed by atoms with E-state index in [0.29, 0.717) is 18.9 Å². The molecule has 8 heteroatoms. The zero-order valence-electron chi connectivity index (χ0n) is 9.34. The summed E-state index contributed by atoms with van der Waals surface area (Å²) in [4.78, 5) is 25.5. The Kier molecular flexibility index (Phi) is 4.92. The molecule has 0 saturated carbocycles. The zero-order chi connectivity index (χ0) is 12.7. The number of amides is 2. The van der Waals surface area contributed by atoms with Gasteiger partial charge in [0, 0.05) is 19.5 Å². The van der Waals surface area contributed by atoms with Crippen LogP contribution < -0.4 is 10.6 Å². The molecule has 0 radical (unpaired) electrons. The number of aromatic nitrogens is 2. The van der Waals surface area contributed by atoms with Crippen molar-refractivity contribution in [1.82, 2.24) is 20.8 Å². The van der Waals surface area contributed by atoms with Gasteiger partial charge in [0.15, 0.2) is 6.33 Å². The van der Waals surface area contributed by atoms with Crippen LogP contribution in [-0.2, 0) is 11.2 Å². The van der Waals surface area contributed by atoms with Gasteiger partial charge in [-0.15, -0.1) is 0 Å². The first-order valence-corrected chi connectivity index (χ1v) is 5.09. The van der Waals surface area contributed by atoms with Crippen molar-refractivity contribution < 1.29 is 19.2 Å². The van der Waals surface area contributed by atoms with Gasteiger partial charge in [0.05, 0.1) is 5.92 Å². The van der Waals surface area contributed by atoms with E-state index in [1.54, 1.807) is 0 Å². The van der Waals surface area contributed by atoms with Gasteiger partial charge in [0.1, 0.15) is 0 Å². The minimum Gasteiger partial charge on any atom is -0.481 e. The van der Waals surface area contributed by atoms with Crippen molar-refractivity contribution in [3.63, 3.8) is 0 Å². The molecule has 0 aliphatic rings. The maximum atomic E-state index is 11.2. The minimum absolute atomic E-state index is 0.0850. The van der Waals surface area contributed by atoms with Crippen LogP contribution in [0.2, 0.25) is 0 Å². The molecule has 0 spiro atoms. The highest BCUT2D eigenvalue weighted by atomic mass is 16.5. The van der Waals surface area contributed by atoms with Gasteiger partial charge < -0.3 is 20.3 Å². The lowest BCUT2D eigenvalue weighted by atomic mass is 10.2. The number of rotatable bonds is 6. The van der Waals surface area contributed by atoms with Crippen molar-refractivity contribution in [3.8, 4) is 0 Å². The first kappa shape index (κ1) is 12.9. The van der Waals surface area contributed by atoms with E-state index in [0.717, 1.165) is 0 Å². The van der Waals surface area contributed by atoms with Crippen LogP contribution in [0.1, 0.15) is 12.8 Å². The van der Waals surface area contributed by atoms with E-state index in [-0.39, 0.29) is 6.54 Å². The molecule has 0 fully saturated rings. The highest BCUT2D eigenvalue weighted by Gasteiger charge is 2.11. The number of carboxylic acids is 1. The van der Waals surface area contributed by atoms with Crippen LogP contribution in [0.3, 0.4) is 0 Å². The molecule has 3 N–H and O–H groups in total. The molecule has 0 aliphatic carbocycles. The molecule has 1 unspecified atom stereocenters. The molecule has 1 heterocycles. The minimum atomic E-state index is -0.948. The Hall–Kier alpha value is -2.12. The standard InChI is InChI=1S/C9H14N4O4/c1-6(8(14)15)4-11-9(16)10-3-2-7-12-5-13-17-7/h5-6H,2-4H2,1H3,(H,14,15)(H2,10,11,16). The molecule has 0 aromatic carbocycles. The number of hydrogen-bond donors (Lipinski definition) is 3. The van der Waals surface area contributed by atoms with E-state index < -0.39 is 17.9 Å². The summed E-state index contributed by atoms with van der Waals surface area (Å²) in [6, 6.07) is -0.419. The van der Waals surface area contributed by atoms with Gasteiger partial charge in [-0.1, -0.05) is 12.1 Å². The number of carbonyl (C=O) groups is 2. The average molecular weight is 242 g/mol. The lowest BCUT2D eigenvalue weighted by Gasteiger charge is -2.08. The van der Waals surface area contributed by atoms with E-state index in [1.165, 1.54) is 13.3 Å². The number of aliphatic carboxylic acids is 1. The summed E-state index contributed by atoms with van der Waals surface area (Å²) in [5.74, 6) is -1.13. The maximum absolute atomic E-state index is 11.2. The fraction of sp³-hybridized carbons (Fsp3) is 0.556. The summed E-state index contributed by atoms with van der Waals surface area (Å²) < 4.78 is 4.73. The Balaban J connectivity index is 2.11. The molecule has 1 atom stereocenters. The molecule has 1 aromatic heterocycles. The molecule has 1 rings (SSSR count). The van der Waals surface area contributed by atoms with E-state index in [9.17, 15) is 9.59 Å². The number of carboxylic acid groups (broad SMARTS) is 1. The smallest absolute Gasteiger partial charge is 0.314 e. The monoisotopic (exact) mass is 242 g/mol. The Morgan fingerprint density at radius 1 is 1.53 bits per heavy atom. The van der Waals surface area contributed by atoms with Crippen molar-refractivity contribution in [1.29, 1.82) is 0 Å². The Bertz CT molecular complexity index is 365. The molecule has 94 valence electrons. The quantitative estimate of drug-likeness (QED) is 0.626. The SMILES string of the molecule is CC(CNC(=O)NCCc1ncno1)C(=O)O. The Morgan fingerprint density at radius 3 is 2.88 bits per heavy atom. The molecule has 0 saturated heterocycles. The first-order valence-electron chi connectivity index (χ1n) is 5.09. The summed E-state index contributed by atoms with van der Waals surface area (Å²) in [6.07, 6.45) is 1.71. The van der Waals surface area contributed by atoms with Crippen LogP contribution in [0.4, 0.5) is 4.79 Å². The second kappa shape index (κ2) is 6.46. The largest absolute Gasteiger partial charge is 0.481 e. The van der Waals surface area contributed by atoms with Crippen molar-refractivity contribution in [2.24, 2.45) is 5.92 Å². The third-order valence-electron chi connectivity index (χ3n) is 2.02. The number of hydrogen-bond acceptors (Lipinski definition) is 5. The molecular formula is C9H14N4O4. The first-order chi connectivity index (χ1) is 8.09. The second-order valence-electron chi connectivity index (χ2n) is 3.46. The molecular weight excluding hydrogens is 228 g/mol. The van der Waals surface area contributed by atoms with Gasteiger partial charge in [0.25, 0.3) is 0 Å². The van der Waals surface area contributed by atoms with Gasteiger partial charge in [-0.3, -0.25) is 4.79 Å². The van der Waals surface area contributed by atoms with Crippen molar-refractivity contribution in [3.05, 3.63) is 12.2 Å². The Morgan fingerprint density at radius 2 is 2.29 bits per heavy atom. The topological polar surface area (TPSA) is 117 Å². The predicted molar refractivity (Wildman–Crippen MR) is 56.2 cm³/mol. The van der Waals surface area contributed by atoms with Crippen molar-refractivity contribution >= 4 is 12.0 Å². The van der Waals surface area contributed by atoms with Crippen LogP contribution in [0.25, 0.3) is 0 Å². The molecule has 0 aliphatic heterocycles. The predicted octanol–water partition coefficient (Wildman–Crippen LogP) is -0.368. The maximum Gasteiger partial charge on any atom is 0.314 e. The van der Waals surface area contributed by atoms with E-state index in [4.69, 9.17) is 9.63 Å². The van der Waals surface area contributed by atoms with Gasteiger partial charge in [-0.05, 0) is 0 Å². The Labute approximate surface area is 97.4 Å². The number of nitrogens with one attached hydrogen (secondary N) is 2. The summed E-state index contributed by atoms with van der Waals surface area (Å²) in [5.41, 5.74) is 0. The van der Waals surface area contributed by atoms with E-state index in [2.05, 4.69) is 20.8 Å². The lowest BCUT2D eigenvalue weighted by Crippen LogP contribution is -2.40.